The van der Waals surface area contributed by atoms with Crippen LogP contribution in [0.4, 0.5) is 0 Å². The lowest BCUT2D eigenvalue weighted by atomic mass is 9.92. The van der Waals surface area contributed by atoms with Crippen LogP contribution in [0.5, 0.6) is 5.75 Å². The van der Waals surface area contributed by atoms with Gasteiger partial charge < -0.3 is 10.1 Å². The number of benzene rings is 2. The van der Waals surface area contributed by atoms with E-state index >= 15 is 0 Å². The Morgan fingerprint density at radius 3 is 2.62 bits per heavy atom. The molecule has 0 atom stereocenters. The van der Waals surface area contributed by atoms with Gasteiger partial charge in [-0.2, -0.15) is 5.26 Å². The van der Waals surface area contributed by atoms with Crippen molar-refractivity contribution in [1.82, 2.24) is 10.2 Å². The summed E-state index contributed by atoms with van der Waals surface area (Å²) in [5.74, 6) is 0.690. The lowest BCUT2D eigenvalue weighted by Gasteiger charge is -2.29. The maximum atomic E-state index is 12.7. The van der Waals surface area contributed by atoms with Gasteiger partial charge in [0.05, 0.1) is 16.7 Å². The van der Waals surface area contributed by atoms with E-state index < -0.39 is 0 Å². The minimum atomic E-state index is 0.00518. The van der Waals surface area contributed by atoms with Crippen LogP contribution in [-0.4, -0.2) is 30.0 Å². The van der Waals surface area contributed by atoms with E-state index in [0.29, 0.717) is 16.3 Å². The van der Waals surface area contributed by atoms with Crippen LogP contribution in [0.15, 0.2) is 36.4 Å². The number of nitrogens with zero attached hydrogens (tertiary/aromatic N) is 2. The fourth-order valence-electron chi connectivity index (χ4n) is 4.15. The van der Waals surface area contributed by atoms with Crippen LogP contribution < -0.4 is 10.1 Å². The first kappa shape index (κ1) is 19.8. The second-order valence-corrected chi connectivity index (χ2v) is 8.38. The molecule has 5 nitrogen and oxygen atoms in total. The summed E-state index contributed by atoms with van der Waals surface area (Å²) in [5, 5.41) is 12.5. The van der Waals surface area contributed by atoms with Crippen LogP contribution >= 0.6 is 11.6 Å². The second-order valence-electron chi connectivity index (χ2n) is 7.97. The third-order valence-corrected chi connectivity index (χ3v) is 6.03. The number of rotatable bonds is 4. The number of amides is 1. The fraction of sp³-hybridized carbons (Fsp3) is 0.391. The molecule has 1 heterocycles. The van der Waals surface area contributed by atoms with Gasteiger partial charge in [-0.3, -0.25) is 9.69 Å². The van der Waals surface area contributed by atoms with Crippen molar-refractivity contribution in [3.05, 3.63) is 63.7 Å². The van der Waals surface area contributed by atoms with E-state index in [0.717, 1.165) is 44.3 Å². The Bertz CT molecular complexity index is 961. The van der Waals surface area contributed by atoms with Crippen LogP contribution in [0, 0.1) is 11.3 Å². The minimum absolute atomic E-state index is 0.00518. The molecule has 1 amide bonds. The molecule has 0 spiro atoms. The van der Waals surface area contributed by atoms with Crippen LogP contribution in [0.3, 0.4) is 0 Å². The van der Waals surface area contributed by atoms with Gasteiger partial charge in [0, 0.05) is 30.8 Å². The molecule has 2 aliphatic rings. The number of nitrogens with one attached hydrogen (secondary N) is 1. The van der Waals surface area contributed by atoms with Gasteiger partial charge in [-0.25, -0.2) is 0 Å². The lowest BCUT2D eigenvalue weighted by Crippen LogP contribution is -2.39. The molecule has 0 saturated heterocycles. The highest BCUT2D eigenvalue weighted by Gasteiger charge is 2.25. The van der Waals surface area contributed by atoms with Crippen molar-refractivity contribution in [3.63, 3.8) is 0 Å². The average Bonchev–Trinajstić information content (AvgIpc) is 3.09. The van der Waals surface area contributed by atoms with E-state index in [2.05, 4.69) is 23.3 Å². The largest absolute Gasteiger partial charge is 0.490 e. The highest BCUT2D eigenvalue weighted by molar-refractivity contribution is 6.31. The van der Waals surface area contributed by atoms with Crippen molar-refractivity contribution in [2.75, 3.05) is 7.05 Å². The van der Waals surface area contributed by atoms with Crippen molar-refractivity contribution in [3.8, 4) is 11.8 Å². The minimum Gasteiger partial charge on any atom is -0.490 e. The predicted octanol–water partition coefficient (Wildman–Crippen LogP) is 4.28. The normalized spacial score (nSPS) is 21.3. The van der Waals surface area contributed by atoms with Gasteiger partial charge in [0.15, 0.2) is 0 Å². The number of nitriles is 1. The Morgan fingerprint density at radius 2 is 1.90 bits per heavy atom. The molecular formula is C23H24ClN3O2. The number of fused-ring (bicyclic) bond motifs is 1. The molecule has 0 unspecified atom stereocenters. The maximum absolute atomic E-state index is 12.7. The van der Waals surface area contributed by atoms with E-state index in [4.69, 9.17) is 21.6 Å². The van der Waals surface area contributed by atoms with Crippen molar-refractivity contribution >= 4 is 17.5 Å². The third kappa shape index (κ3) is 4.55. The van der Waals surface area contributed by atoms with E-state index in [-0.39, 0.29) is 18.1 Å². The van der Waals surface area contributed by atoms with Crippen LogP contribution in [0.1, 0.15) is 52.7 Å². The zero-order valence-electron chi connectivity index (χ0n) is 16.5. The number of ether oxygens (including phenoxy) is 1. The molecule has 2 aromatic carbocycles. The lowest BCUT2D eigenvalue weighted by molar-refractivity contribution is 0.0894. The molecule has 150 valence electrons. The van der Waals surface area contributed by atoms with Crippen molar-refractivity contribution in [2.24, 2.45) is 0 Å². The van der Waals surface area contributed by atoms with Gasteiger partial charge in [0.2, 0.25) is 0 Å². The first-order valence-electron chi connectivity index (χ1n) is 9.99. The maximum Gasteiger partial charge on any atom is 0.251 e. The van der Waals surface area contributed by atoms with Gasteiger partial charge in [-0.15, -0.1) is 0 Å². The van der Waals surface area contributed by atoms with Crippen molar-refractivity contribution < 1.29 is 9.53 Å². The third-order valence-electron chi connectivity index (χ3n) is 5.72. The van der Waals surface area contributed by atoms with Gasteiger partial charge in [-0.1, -0.05) is 17.7 Å². The quantitative estimate of drug-likeness (QED) is 0.818. The topological polar surface area (TPSA) is 65.4 Å². The van der Waals surface area contributed by atoms with Gasteiger partial charge >= 0.3 is 0 Å². The van der Waals surface area contributed by atoms with Crippen LogP contribution in [0.2, 0.25) is 5.02 Å². The Labute approximate surface area is 176 Å². The molecule has 0 bridgehead atoms. The molecule has 2 aromatic rings. The zero-order chi connectivity index (χ0) is 20.4. The molecule has 1 fully saturated rings. The summed E-state index contributed by atoms with van der Waals surface area (Å²) in [6.45, 7) is 1.85. The summed E-state index contributed by atoms with van der Waals surface area (Å²) >= 11 is 6.08. The summed E-state index contributed by atoms with van der Waals surface area (Å²) in [6.07, 6.45) is 3.61. The van der Waals surface area contributed by atoms with E-state index in [1.54, 1.807) is 18.2 Å². The molecule has 4 rings (SSSR count). The number of carbonyl (C=O) groups excluding carboxylic acids is 1. The SMILES string of the molecule is CN1Cc2ccc(C(=O)N[C@H]3CC[C@H](Oc4ccc(C#N)c(Cl)c4)CC3)cc2C1. The van der Waals surface area contributed by atoms with Crippen molar-refractivity contribution in [1.29, 1.82) is 5.26 Å². The highest BCUT2D eigenvalue weighted by Crippen LogP contribution is 2.28. The highest BCUT2D eigenvalue weighted by atomic mass is 35.5. The molecule has 1 saturated carbocycles. The summed E-state index contributed by atoms with van der Waals surface area (Å²) < 4.78 is 6.02. The van der Waals surface area contributed by atoms with E-state index in [1.807, 2.05) is 18.2 Å². The van der Waals surface area contributed by atoms with Gasteiger partial charge in [0.1, 0.15) is 11.8 Å². The Balaban J connectivity index is 1.29. The smallest absolute Gasteiger partial charge is 0.251 e. The van der Waals surface area contributed by atoms with Crippen molar-refractivity contribution in [2.45, 2.75) is 50.9 Å². The first-order valence-corrected chi connectivity index (χ1v) is 10.4. The molecule has 0 radical (unpaired) electrons. The summed E-state index contributed by atoms with van der Waals surface area (Å²) in [7, 11) is 2.09. The molecular weight excluding hydrogens is 386 g/mol. The van der Waals surface area contributed by atoms with Gasteiger partial charge in [0.25, 0.3) is 5.91 Å². The Hall–Kier alpha value is -2.55. The fourth-order valence-corrected chi connectivity index (χ4v) is 4.36. The molecule has 6 heteroatoms. The molecule has 1 aliphatic carbocycles. The van der Waals surface area contributed by atoms with E-state index in [1.165, 1.54) is 11.1 Å². The predicted molar refractivity (Wildman–Crippen MR) is 112 cm³/mol. The first-order chi connectivity index (χ1) is 14.0. The Kier molecular flexibility index (Phi) is 5.75. The standard InChI is InChI=1S/C23H24ClN3O2/c1-27-13-17-3-2-15(10-18(17)14-27)23(28)26-19-5-8-20(9-6-19)29-21-7-4-16(12-25)22(24)11-21/h2-4,7,10-11,19-20H,5-6,8-9,13-14H2,1H3,(H,26,28)/t19-,20-. The zero-order valence-corrected chi connectivity index (χ0v) is 17.2. The molecule has 29 heavy (non-hydrogen) atoms. The molecule has 0 aromatic heterocycles. The number of hydrogen-bond acceptors (Lipinski definition) is 4. The van der Waals surface area contributed by atoms with Crippen LogP contribution in [0.25, 0.3) is 0 Å². The molecule has 1 N–H and O–H groups in total. The van der Waals surface area contributed by atoms with Gasteiger partial charge in [-0.05, 0) is 68.1 Å². The summed E-state index contributed by atoms with van der Waals surface area (Å²) in [4.78, 5) is 14.9. The summed E-state index contributed by atoms with van der Waals surface area (Å²) in [5.41, 5.74) is 3.75. The number of carbonyl (C=O) groups is 1. The summed E-state index contributed by atoms with van der Waals surface area (Å²) in [6, 6.07) is 13.4. The van der Waals surface area contributed by atoms with Crippen LogP contribution in [-0.2, 0) is 13.1 Å². The Morgan fingerprint density at radius 1 is 1.14 bits per heavy atom. The number of hydrogen-bond donors (Lipinski definition) is 1. The number of halogens is 1. The monoisotopic (exact) mass is 409 g/mol. The van der Waals surface area contributed by atoms with E-state index in [9.17, 15) is 4.79 Å². The molecule has 1 aliphatic heterocycles. The average molecular weight is 410 g/mol. The second kappa shape index (κ2) is 8.44.